The first-order valence-electron chi connectivity index (χ1n) is 7.82. The highest BCUT2D eigenvalue weighted by Gasteiger charge is 2.11. The normalized spacial score (nSPS) is 12.7. The SMILES string of the molecule is CCOc1ccc(OCC)c(NC(N)=NCC(O)c2ccco2)c1. The van der Waals surface area contributed by atoms with Gasteiger partial charge in [-0.25, -0.2) is 4.99 Å². The Labute approximate surface area is 141 Å². The molecule has 0 aliphatic rings. The quantitative estimate of drug-likeness (QED) is 0.507. The van der Waals surface area contributed by atoms with Gasteiger partial charge in [0.05, 0.1) is 31.7 Å². The molecule has 0 aliphatic carbocycles. The zero-order chi connectivity index (χ0) is 17.4. The summed E-state index contributed by atoms with van der Waals surface area (Å²) in [5.74, 6) is 1.95. The molecule has 24 heavy (non-hydrogen) atoms. The van der Waals surface area contributed by atoms with Crippen LogP contribution in [0.4, 0.5) is 5.69 Å². The van der Waals surface area contributed by atoms with Gasteiger partial charge in [0.15, 0.2) is 5.96 Å². The monoisotopic (exact) mass is 333 g/mol. The number of aliphatic imine (C=N–C) groups is 1. The van der Waals surface area contributed by atoms with Gasteiger partial charge in [-0.1, -0.05) is 0 Å². The molecule has 0 radical (unpaired) electrons. The zero-order valence-electron chi connectivity index (χ0n) is 13.9. The number of nitrogens with zero attached hydrogens (tertiary/aromatic N) is 1. The lowest BCUT2D eigenvalue weighted by atomic mass is 10.2. The molecule has 1 heterocycles. The molecule has 4 N–H and O–H groups in total. The van der Waals surface area contributed by atoms with E-state index in [-0.39, 0.29) is 12.5 Å². The number of benzene rings is 1. The van der Waals surface area contributed by atoms with Gasteiger partial charge in [-0.2, -0.15) is 0 Å². The van der Waals surface area contributed by atoms with Crippen LogP contribution in [0.3, 0.4) is 0 Å². The Hall–Kier alpha value is -2.67. The second kappa shape index (κ2) is 8.83. The van der Waals surface area contributed by atoms with Gasteiger partial charge in [0.1, 0.15) is 23.4 Å². The number of anilines is 1. The highest BCUT2D eigenvalue weighted by atomic mass is 16.5. The van der Waals surface area contributed by atoms with Crippen molar-refractivity contribution in [3.8, 4) is 11.5 Å². The summed E-state index contributed by atoms with van der Waals surface area (Å²) < 4.78 is 16.2. The molecule has 7 nitrogen and oxygen atoms in total. The average molecular weight is 333 g/mol. The van der Waals surface area contributed by atoms with Crippen molar-refractivity contribution < 1.29 is 19.0 Å². The van der Waals surface area contributed by atoms with Crippen LogP contribution in [0.1, 0.15) is 25.7 Å². The lowest BCUT2D eigenvalue weighted by Gasteiger charge is -2.14. The lowest BCUT2D eigenvalue weighted by Crippen LogP contribution is -2.24. The third-order valence-corrected chi connectivity index (χ3v) is 3.13. The summed E-state index contributed by atoms with van der Waals surface area (Å²) in [6.07, 6.45) is 0.652. The minimum absolute atomic E-state index is 0.0848. The first kappa shape index (κ1) is 17.7. The van der Waals surface area contributed by atoms with Crippen LogP contribution in [0.25, 0.3) is 0 Å². The van der Waals surface area contributed by atoms with Gasteiger partial charge >= 0.3 is 0 Å². The Kier molecular flexibility index (Phi) is 6.51. The molecule has 0 bridgehead atoms. The first-order chi connectivity index (χ1) is 11.6. The summed E-state index contributed by atoms with van der Waals surface area (Å²) >= 11 is 0. The van der Waals surface area contributed by atoms with E-state index in [9.17, 15) is 5.11 Å². The fourth-order valence-electron chi connectivity index (χ4n) is 2.08. The van der Waals surface area contributed by atoms with Crippen LogP contribution < -0.4 is 20.5 Å². The van der Waals surface area contributed by atoms with Crippen molar-refractivity contribution in [2.45, 2.75) is 20.0 Å². The molecular formula is C17H23N3O4. The fourth-order valence-corrected chi connectivity index (χ4v) is 2.08. The van der Waals surface area contributed by atoms with Gasteiger partial charge in [0, 0.05) is 6.07 Å². The van der Waals surface area contributed by atoms with Crippen LogP contribution in [0.5, 0.6) is 11.5 Å². The molecule has 0 aliphatic heterocycles. The van der Waals surface area contributed by atoms with E-state index in [0.29, 0.717) is 36.2 Å². The number of aliphatic hydroxyl groups excluding tert-OH is 1. The summed E-state index contributed by atoms with van der Waals surface area (Å²) in [6, 6.07) is 8.81. The summed E-state index contributed by atoms with van der Waals surface area (Å²) in [5, 5.41) is 12.9. The van der Waals surface area contributed by atoms with Crippen LogP contribution in [-0.2, 0) is 0 Å². The highest BCUT2D eigenvalue weighted by Crippen LogP contribution is 2.29. The smallest absolute Gasteiger partial charge is 0.193 e. The topological polar surface area (TPSA) is 102 Å². The minimum Gasteiger partial charge on any atom is -0.494 e. The number of guanidine groups is 1. The largest absolute Gasteiger partial charge is 0.494 e. The Morgan fingerprint density at radius 1 is 1.29 bits per heavy atom. The molecule has 7 heteroatoms. The molecule has 0 fully saturated rings. The summed E-state index contributed by atoms with van der Waals surface area (Å²) in [6.45, 7) is 4.98. The minimum atomic E-state index is -0.846. The van der Waals surface area contributed by atoms with Crippen molar-refractivity contribution in [3.05, 3.63) is 42.4 Å². The predicted octanol–water partition coefficient (Wildman–Crippen LogP) is 2.54. The van der Waals surface area contributed by atoms with Gasteiger partial charge in [0.25, 0.3) is 0 Å². The summed E-state index contributed by atoms with van der Waals surface area (Å²) in [7, 11) is 0. The van der Waals surface area contributed by atoms with Gasteiger partial charge in [-0.05, 0) is 38.1 Å². The Bertz CT molecular complexity index is 656. The van der Waals surface area contributed by atoms with E-state index in [4.69, 9.17) is 19.6 Å². The molecule has 130 valence electrons. The van der Waals surface area contributed by atoms with Crippen molar-refractivity contribution in [2.24, 2.45) is 10.7 Å². The molecule has 2 aromatic rings. The summed E-state index contributed by atoms with van der Waals surface area (Å²) in [5.41, 5.74) is 6.55. The van der Waals surface area contributed by atoms with Crippen molar-refractivity contribution in [3.63, 3.8) is 0 Å². The van der Waals surface area contributed by atoms with Crippen molar-refractivity contribution in [1.29, 1.82) is 0 Å². The van der Waals surface area contributed by atoms with E-state index in [2.05, 4.69) is 10.3 Å². The number of aliphatic hydroxyl groups is 1. The van der Waals surface area contributed by atoms with Crippen molar-refractivity contribution in [2.75, 3.05) is 25.1 Å². The number of nitrogens with two attached hydrogens (primary N) is 1. The maximum absolute atomic E-state index is 9.95. The van der Waals surface area contributed by atoms with Crippen LogP contribution in [0.15, 0.2) is 46.0 Å². The van der Waals surface area contributed by atoms with E-state index in [1.165, 1.54) is 6.26 Å². The number of furan rings is 1. The van der Waals surface area contributed by atoms with Gasteiger partial charge in [0.2, 0.25) is 0 Å². The Balaban J connectivity index is 2.06. The third kappa shape index (κ3) is 4.92. The number of nitrogens with one attached hydrogen (secondary N) is 1. The second-order valence-corrected chi connectivity index (χ2v) is 4.91. The van der Waals surface area contributed by atoms with E-state index in [0.717, 1.165) is 0 Å². The Morgan fingerprint density at radius 3 is 2.75 bits per heavy atom. The molecule has 0 spiro atoms. The molecule has 0 saturated carbocycles. The van der Waals surface area contributed by atoms with E-state index in [1.54, 1.807) is 18.2 Å². The highest BCUT2D eigenvalue weighted by molar-refractivity contribution is 5.94. The average Bonchev–Trinajstić information content (AvgIpc) is 3.10. The van der Waals surface area contributed by atoms with Gasteiger partial charge < -0.3 is 30.0 Å². The predicted molar refractivity (Wildman–Crippen MR) is 92.6 cm³/mol. The zero-order valence-corrected chi connectivity index (χ0v) is 13.9. The van der Waals surface area contributed by atoms with Crippen LogP contribution in [0, 0.1) is 0 Å². The Morgan fingerprint density at radius 2 is 2.08 bits per heavy atom. The molecule has 1 aromatic heterocycles. The lowest BCUT2D eigenvalue weighted by molar-refractivity contribution is 0.158. The van der Waals surface area contributed by atoms with Crippen LogP contribution >= 0.6 is 0 Å². The van der Waals surface area contributed by atoms with Crippen molar-refractivity contribution >= 4 is 11.6 Å². The molecule has 0 saturated heterocycles. The number of hydrogen-bond donors (Lipinski definition) is 3. The number of hydrogen-bond acceptors (Lipinski definition) is 5. The maximum atomic E-state index is 9.95. The third-order valence-electron chi connectivity index (χ3n) is 3.13. The standard InChI is InChI=1S/C17H23N3O4/c1-3-22-12-7-8-15(23-4-2)13(10-12)20-17(18)19-11-14(21)16-6-5-9-24-16/h5-10,14,21H,3-4,11H2,1-2H3,(H3,18,19,20). The second-order valence-electron chi connectivity index (χ2n) is 4.91. The molecule has 2 rings (SSSR count). The first-order valence-corrected chi connectivity index (χ1v) is 7.82. The fraction of sp³-hybridized carbons (Fsp3) is 0.353. The summed E-state index contributed by atoms with van der Waals surface area (Å²) in [4.78, 5) is 4.13. The van der Waals surface area contributed by atoms with Crippen molar-refractivity contribution in [1.82, 2.24) is 0 Å². The van der Waals surface area contributed by atoms with Gasteiger partial charge in [-0.15, -0.1) is 0 Å². The molecule has 1 aromatic carbocycles. The number of ether oxygens (including phenoxy) is 2. The van der Waals surface area contributed by atoms with E-state index in [1.807, 2.05) is 26.0 Å². The van der Waals surface area contributed by atoms with E-state index >= 15 is 0 Å². The van der Waals surface area contributed by atoms with Crippen LogP contribution in [-0.4, -0.2) is 30.8 Å². The molecule has 1 unspecified atom stereocenters. The van der Waals surface area contributed by atoms with Crippen LogP contribution in [0.2, 0.25) is 0 Å². The molecule has 1 atom stereocenters. The van der Waals surface area contributed by atoms with E-state index < -0.39 is 6.10 Å². The molecular weight excluding hydrogens is 310 g/mol. The maximum Gasteiger partial charge on any atom is 0.193 e. The molecule has 0 amide bonds. The number of rotatable bonds is 8. The van der Waals surface area contributed by atoms with Gasteiger partial charge in [-0.3, -0.25) is 0 Å².